The van der Waals surface area contributed by atoms with Gasteiger partial charge in [0.1, 0.15) is 10.7 Å². The zero-order valence-electron chi connectivity index (χ0n) is 15.7. The maximum atomic E-state index is 12.4. The van der Waals surface area contributed by atoms with Crippen molar-refractivity contribution >= 4 is 38.8 Å². The van der Waals surface area contributed by atoms with E-state index in [4.69, 9.17) is 4.74 Å². The lowest BCUT2D eigenvalue weighted by Crippen LogP contribution is -2.36. The van der Waals surface area contributed by atoms with Crippen LogP contribution in [0.3, 0.4) is 0 Å². The Kier molecular flexibility index (Phi) is 5.40. The first kappa shape index (κ1) is 18.6. The van der Waals surface area contributed by atoms with Gasteiger partial charge in [-0.1, -0.05) is 6.92 Å². The average molecular weight is 398 g/mol. The first-order valence-corrected chi connectivity index (χ1v) is 10.2. The molecule has 0 unspecified atom stereocenters. The monoisotopic (exact) mass is 398 g/mol. The van der Waals surface area contributed by atoms with Gasteiger partial charge in [0.15, 0.2) is 0 Å². The summed E-state index contributed by atoms with van der Waals surface area (Å²) in [6.45, 7) is 5.25. The number of carbonyl (C=O) groups excluding carboxylic acids is 1. The number of aromatic amines is 1. The molecule has 4 rings (SSSR count). The molecule has 1 saturated heterocycles. The number of anilines is 2. The number of carbonyl (C=O) groups is 1. The molecule has 0 bridgehead atoms. The van der Waals surface area contributed by atoms with Gasteiger partial charge in [-0.15, -0.1) is 11.3 Å². The van der Waals surface area contributed by atoms with E-state index < -0.39 is 0 Å². The molecule has 0 radical (unpaired) electrons. The van der Waals surface area contributed by atoms with Crippen LogP contribution in [0.4, 0.5) is 11.4 Å². The van der Waals surface area contributed by atoms with Gasteiger partial charge >= 0.3 is 0 Å². The van der Waals surface area contributed by atoms with Gasteiger partial charge in [0.2, 0.25) is 5.91 Å². The molecule has 3 heterocycles. The SMILES string of the molecule is CCc1cc2c(=O)[nH]c(CC(=O)Nc3ccc(N4CCOCC4)cc3)nc2s1. The quantitative estimate of drug-likeness (QED) is 0.690. The molecule has 0 atom stereocenters. The van der Waals surface area contributed by atoms with E-state index >= 15 is 0 Å². The van der Waals surface area contributed by atoms with Crippen LogP contribution in [0.1, 0.15) is 17.6 Å². The minimum absolute atomic E-state index is 0.0236. The highest BCUT2D eigenvalue weighted by molar-refractivity contribution is 7.18. The van der Waals surface area contributed by atoms with Gasteiger partial charge in [0.25, 0.3) is 5.56 Å². The molecule has 8 heteroatoms. The van der Waals surface area contributed by atoms with E-state index in [0.717, 1.165) is 49.0 Å². The van der Waals surface area contributed by atoms with Crippen molar-refractivity contribution in [2.24, 2.45) is 0 Å². The number of fused-ring (bicyclic) bond motifs is 1. The third-order valence-corrected chi connectivity index (χ3v) is 5.88. The first-order chi connectivity index (χ1) is 13.6. The molecule has 3 aromatic rings. The van der Waals surface area contributed by atoms with Gasteiger partial charge in [-0.2, -0.15) is 0 Å². The Balaban J connectivity index is 1.42. The number of aryl methyl sites for hydroxylation is 1. The molecule has 2 aromatic heterocycles. The van der Waals surface area contributed by atoms with E-state index in [2.05, 4.69) is 20.2 Å². The maximum absolute atomic E-state index is 12.4. The molecule has 1 fully saturated rings. The van der Waals surface area contributed by atoms with E-state index in [1.54, 1.807) is 0 Å². The number of rotatable bonds is 5. The molecule has 7 nitrogen and oxygen atoms in total. The van der Waals surface area contributed by atoms with E-state index in [0.29, 0.717) is 16.0 Å². The Labute approximate surface area is 166 Å². The predicted molar refractivity (Wildman–Crippen MR) is 111 cm³/mol. The summed E-state index contributed by atoms with van der Waals surface area (Å²) in [7, 11) is 0. The van der Waals surface area contributed by atoms with Crippen molar-refractivity contribution in [3.63, 3.8) is 0 Å². The highest BCUT2D eigenvalue weighted by Crippen LogP contribution is 2.22. The Morgan fingerprint density at radius 3 is 2.75 bits per heavy atom. The smallest absolute Gasteiger partial charge is 0.259 e. The first-order valence-electron chi connectivity index (χ1n) is 9.36. The second-order valence-corrected chi connectivity index (χ2v) is 7.78. The number of hydrogen-bond acceptors (Lipinski definition) is 6. The number of thiophene rings is 1. The Hall–Kier alpha value is -2.71. The van der Waals surface area contributed by atoms with Crippen molar-refractivity contribution in [3.8, 4) is 0 Å². The topological polar surface area (TPSA) is 87.3 Å². The summed E-state index contributed by atoms with van der Waals surface area (Å²) in [6.07, 6.45) is 0.881. The minimum atomic E-state index is -0.214. The van der Waals surface area contributed by atoms with Crippen LogP contribution in [0, 0.1) is 0 Å². The van der Waals surface area contributed by atoms with Gasteiger partial charge in [0.05, 0.1) is 25.0 Å². The Morgan fingerprint density at radius 1 is 1.29 bits per heavy atom. The van der Waals surface area contributed by atoms with Gasteiger partial charge in [0, 0.05) is 29.3 Å². The molecule has 2 N–H and O–H groups in total. The minimum Gasteiger partial charge on any atom is -0.378 e. The van der Waals surface area contributed by atoms with Gasteiger partial charge in [-0.05, 0) is 36.8 Å². The summed E-state index contributed by atoms with van der Waals surface area (Å²) in [5.74, 6) is 0.165. The standard InChI is InChI=1S/C20H22N4O3S/c1-2-15-11-16-19(26)22-17(23-20(16)28-15)12-18(25)21-13-3-5-14(6-4-13)24-7-9-27-10-8-24/h3-6,11H,2,7-10,12H2,1H3,(H,21,25)(H,22,23,26). The number of amides is 1. The number of hydrogen-bond donors (Lipinski definition) is 2. The fourth-order valence-electron chi connectivity index (χ4n) is 3.22. The molecular formula is C20H22N4O3S. The van der Waals surface area contributed by atoms with Crippen LogP contribution in [-0.4, -0.2) is 42.2 Å². The van der Waals surface area contributed by atoms with Crippen LogP contribution < -0.4 is 15.8 Å². The molecular weight excluding hydrogens is 376 g/mol. The molecule has 1 amide bonds. The number of aromatic nitrogens is 2. The lowest BCUT2D eigenvalue weighted by molar-refractivity contribution is -0.115. The fourth-order valence-corrected chi connectivity index (χ4v) is 4.21. The molecule has 0 aliphatic carbocycles. The Bertz CT molecular complexity index is 1040. The van der Waals surface area contributed by atoms with Crippen LogP contribution in [0.5, 0.6) is 0 Å². The number of nitrogens with one attached hydrogen (secondary N) is 2. The third kappa shape index (κ3) is 4.07. The molecule has 0 saturated carbocycles. The van der Waals surface area contributed by atoms with Crippen molar-refractivity contribution in [2.75, 3.05) is 36.5 Å². The van der Waals surface area contributed by atoms with E-state index in [9.17, 15) is 9.59 Å². The second kappa shape index (κ2) is 8.12. The molecule has 146 valence electrons. The number of morpholine rings is 1. The summed E-state index contributed by atoms with van der Waals surface area (Å²) in [4.78, 5) is 35.8. The number of benzene rings is 1. The van der Waals surface area contributed by atoms with Crippen LogP contribution >= 0.6 is 11.3 Å². The van der Waals surface area contributed by atoms with Crippen molar-refractivity contribution in [1.82, 2.24) is 9.97 Å². The predicted octanol–water partition coefficient (Wildman–Crippen LogP) is 2.56. The van der Waals surface area contributed by atoms with Crippen molar-refractivity contribution in [3.05, 3.63) is 51.4 Å². The summed E-state index contributed by atoms with van der Waals surface area (Å²) in [6, 6.07) is 9.62. The summed E-state index contributed by atoms with van der Waals surface area (Å²) < 4.78 is 5.37. The zero-order chi connectivity index (χ0) is 19.5. The summed E-state index contributed by atoms with van der Waals surface area (Å²) >= 11 is 1.50. The molecule has 28 heavy (non-hydrogen) atoms. The third-order valence-electron chi connectivity index (χ3n) is 4.71. The maximum Gasteiger partial charge on any atom is 0.259 e. The van der Waals surface area contributed by atoms with Crippen molar-refractivity contribution in [1.29, 1.82) is 0 Å². The van der Waals surface area contributed by atoms with Gasteiger partial charge < -0.3 is 19.9 Å². The Morgan fingerprint density at radius 2 is 2.04 bits per heavy atom. The normalized spacial score (nSPS) is 14.4. The van der Waals surface area contributed by atoms with Crippen LogP contribution in [0.15, 0.2) is 35.1 Å². The largest absolute Gasteiger partial charge is 0.378 e. The van der Waals surface area contributed by atoms with E-state index in [1.807, 2.05) is 37.3 Å². The van der Waals surface area contributed by atoms with E-state index in [-0.39, 0.29) is 17.9 Å². The average Bonchev–Trinajstić information content (AvgIpc) is 3.13. The number of ether oxygens (including phenoxy) is 1. The second-order valence-electron chi connectivity index (χ2n) is 6.67. The van der Waals surface area contributed by atoms with Gasteiger partial charge in [-0.3, -0.25) is 9.59 Å². The lowest BCUT2D eigenvalue weighted by Gasteiger charge is -2.28. The highest BCUT2D eigenvalue weighted by atomic mass is 32.1. The molecule has 1 aromatic carbocycles. The summed E-state index contributed by atoms with van der Waals surface area (Å²) in [5.41, 5.74) is 1.63. The van der Waals surface area contributed by atoms with E-state index in [1.165, 1.54) is 11.3 Å². The van der Waals surface area contributed by atoms with Gasteiger partial charge in [-0.25, -0.2) is 4.98 Å². The summed E-state index contributed by atoms with van der Waals surface area (Å²) in [5, 5.41) is 3.45. The van der Waals surface area contributed by atoms with Crippen LogP contribution in [0.2, 0.25) is 0 Å². The number of nitrogens with zero attached hydrogens (tertiary/aromatic N) is 2. The lowest BCUT2D eigenvalue weighted by atomic mass is 10.2. The zero-order valence-corrected chi connectivity index (χ0v) is 16.5. The van der Waals surface area contributed by atoms with Crippen molar-refractivity contribution < 1.29 is 9.53 Å². The fraction of sp³-hybridized carbons (Fsp3) is 0.350. The molecule has 1 aliphatic heterocycles. The highest BCUT2D eigenvalue weighted by Gasteiger charge is 2.13. The van der Waals surface area contributed by atoms with Crippen LogP contribution in [-0.2, 0) is 22.4 Å². The van der Waals surface area contributed by atoms with Crippen LogP contribution in [0.25, 0.3) is 10.2 Å². The molecule has 1 aliphatic rings. The molecule has 0 spiro atoms. The number of H-pyrrole nitrogens is 1. The van der Waals surface area contributed by atoms with Crippen molar-refractivity contribution in [2.45, 2.75) is 19.8 Å².